The summed E-state index contributed by atoms with van der Waals surface area (Å²) in [5, 5.41) is 18.2. The highest BCUT2D eigenvalue weighted by atomic mass is 16.4. The van der Waals surface area contributed by atoms with E-state index in [9.17, 15) is 9.90 Å². The predicted molar refractivity (Wildman–Crippen MR) is 74.2 cm³/mol. The van der Waals surface area contributed by atoms with Crippen LogP contribution in [0.15, 0.2) is 48.5 Å². The molecule has 0 aliphatic heterocycles. The molecule has 0 aromatic heterocycles. The van der Waals surface area contributed by atoms with Gasteiger partial charge in [-0.25, -0.2) is 4.79 Å². The molecule has 2 aromatic carbocycles. The quantitative estimate of drug-likeness (QED) is 0.884. The maximum absolute atomic E-state index is 10.8. The summed E-state index contributed by atoms with van der Waals surface area (Å²) in [6.45, 7) is 1.76. The van der Waals surface area contributed by atoms with E-state index in [0.717, 1.165) is 16.7 Å². The van der Waals surface area contributed by atoms with Gasteiger partial charge in [0.1, 0.15) is 0 Å². The van der Waals surface area contributed by atoms with Gasteiger partial charge in [-0.1, -0.05) is 36.4 Å². The Kier molecular flexibility index (Phi) is 3.97. The fourth-order valence-corrected chi connectivity index (χ4v) is 1.98. The van der Waals surface area contributed by atoms with Crippen molar-refractivity contribution in [2.45, 2.75) is 19.4 Å². The second-order valence-corrected chi connectivity index (χ2v) is 4.63. The third-order valence-corrected chi connectivity index (χ3v) is 2.95. The van der Waals surface area contributed by atoms with Crippen molar-refractivity contribution < 1.29 is 15.0 Å². The first-order valence-electron chi connectivity index (χ1n) is 6.17. The molecule has 1 atom stereocenters. The summed E-state index contributed by atoms with van der Waals surface area (Å²) in [7, 11) is 0. The number of aromatic carboxylic acids is 1. The molecule has 0 saturated carbocycles. The fraction of sp³-hybridized carbons (Fsp3) is 0.188. The van der Waals surface area contributed by atoms with Crippen LogP contribution in [0, 0.1) is 0 Å². The number of hydrogen-bond donors (Lipinski definition) is 2. The summed E-state index contributed by atoms with van der Waals surface area (Å²) in [6.07, 6.45) is 0.291. The topological polar surface area (TPSA) is 57.5 Å². The molecular weight excluding hydrogens is 240 g/mol. The SMILES string of the molecule is CC(O)Cc1ccc(-c2ccc(C(=O)O)cc2)cc1. The van der Waals surface area contributed by atoms with Gasteiger partial charge in [-0.15, -0.1) is 0 Å². The molecule has 0 bridgehead atoms. The maximum atomic E-state index is 10.8. The van der Waals surface area contributed by atoms with Gasteiger partial charge in [0.2, 0.25) is 0 Å². The second-order valence-electron chi connectivity index (χ2n) is 4.63. The number of carboxylic acid groups (broad SMARTS) is 1. The van der Waals surface area contributed by atoms with Crippen LogP contribution < -0.4 is 0 Å². The molecule has 19 heavy (non-hydrogen) atoms. The fourth-order valence-electron chi connectivity index (χ4n) is 1.98. The molecule has 0 amide bonds. The van der Waals surface area contributed by atoms with E-state index in [0.29, 0.717) is 6.42 Å². The van der Waals surface area contributed by atoms with E-state index in [1.165, 1.54) is 0 Å². The molecule has 1 unspecified atom stereocenters. The lowest BCUT2D eigenvalue weighted by Gasteiger charge is -2.06. The Morgan fingerprint density at radius 1 is 1.00 bits per heavy atom. The Hall–Kier alpha value is -2.13. The summed E-state index contributed by atoms with van der Waals surface area (Å²) >= 11 is 0. The van der Waals surface area contributed by atoms with Gasteiger partial charge in [0.15, 0.2) is 0 Å². The van der Waals surface area contributed by atoms with Crippen LogP contribution in [-0.4, -0.2) is 22.3 Å². The van der Waals surface area contributed by atoms with E-state index >= 15 is 0 Å². The van der Waals surface area contributed by atoms with Gasteiger partial charge >= 0.3 is 5.97 Å². The van der Waals surface area contributed by atoms with Gasteiger partial charge in [0.05, 0.1) is 11.7 Å². The Morgan fingerprint density at radius 2 is 1.47 bits per heavy atom. The van der Waals surface area contributed by atoms with E-state index in [1.807, 2.05) is 24.3 Å². The van der Waals surface area contributed by atoms with Gasteiger partial charge in [-0.2, -0.15) is 0 Å². The van der Waals surface area contributed by atoms with Gasteiger partial charge < -0.3 is 10.2 Å². The number of carboxylic acids is 1. The highest BCUT2D eigenvalue weighted by Crippen LogP contribution is 2.20. The van der Waals surface area contributed by atoms with E-state index in [1.54, 1.807) is 31.2 Å². The van der Waals surface area contributed by atoms with Gasteiger partial charge in [-0.05, 0) is 42.2 Å². The average Bonchev–Trinajstić information content (AvgIpc) is 2.39. The number of hydrogen-bond acceptors (Lipinski definition) is 2. The molecule has 3 nitrogen and oxygen atoms in total. The lowest BCUT2D eigenvalue weighted by atomic mass is 10.0. The molecule has 2 aromatic rings. The standard InChI is InChI=1S/C16H16O3/c1-11(17)10-12-2-4-13(5-3-12)14-6-8-15(9-7-14)16(18)19/h2-9,11,17H,10H2,1H3,(H,18,19). The van der Waals surface area contributed by atoms with Crippen LogP contribution in [0.4, 0.5) is 0 Å². The number of carbonyl (C=O) groups is 1. The summed E-state index contributed by atoms with van der Waals surface area (Å²) in [6, 6.07) is 14.7. The van der Waals surface area contributed by atoms with Crippen molar-refractivity contribution in [2.75, 3.05) is 0 Å². The van der Waals surface area contributed by atoms with Gasteiger partial charge in [-0.3, -0.25) is 0 Å². The minimum Gasteiger partial charge on any atom is -0.478 e. The van der Waals surface area contributed by atoms with Crippen molar-refractivity contribution in [3.8, 4) is 11.1 Å². The van der Waals surface area contributed by atoms with E-state index in [4.69, 9.17) is 5.11 Å². The lowest BCUT2D eigenvalue weighted by molar-refractivity contribution is 0.0697. The minimum atomic E-state index is -0.918. The van der Waals surface area contributed by atoms with Crippen molar-refractivity contribution in [2.24, 2.45) is 0 Å². The summed E-state index contributed by atoms with van der Waals surface area (Å²) < 4.78 is 0. The first kappa shape index (κ1) is 13.3. The third kappa shape index (κ3) is 3.42. The Balaban J connectivity index is 2.19. The minimum absolute atomic E-state index is 0.287. The zero-order chi connectivity index (χ0) is 13.8. The first-order chi connectivity index (χ1) is 9.06. The van der Waals surface area contributed by atoms with Crippen LogP contribution in [0.3, 0.4) is 0 Å². The number of aliphatic hydroxyl groups is 1. The van der Waals surface area contributed by atoms with Crippen LogP contribution in [-0.2, 0) is 6.42 Å². The van der Waals surface area contributed by atoms with E-state index in [-0.39, 0.29) is 11.7 Å². The van der Waals surface area contributed by atoms with Crippen LogP contribution in [0.25, 0.3) is 11.1 Å². The Bertz CT molecular complexity index is 554. The molecule has 98 valence electrons. The van der Waals surface area contributed by atoms with Crippen LogP contribution in [0.2, 0.25) is 0 Å². The lowest BCUT2D eigenvalue weighted by Crippen LogP contribution is -2.03. The molecule has 0 aliphatic carbocycles. The largest absolute Gasteiger partial charge is 0.478 e. The maximum Gasteiger partial charge on any atom is 0.335 e. The molecule has 0 radical (unpaired) electrons. The van der Waals surface area contributed by atoms with Gasteiger partial charge in [0.25, 0.3) is 0 Å². The zero-order valence-corrected chi connectivity index (χ0v) is 10.7. The van der Waals surface area contributed by atoms with Crippen molar-refractivity contribution >= 4 is 5.97 Å². The second kappa shape index (κ2) is 5.67. The van der Waals surface area contributed by atoms with Crippen molar-refractivity contribution in [1.29, 1.82) is 0 Å². The van der Waals surface area contributed by atoms with Crippen molar-refractivity contribution in [3.05, 3.63) is 59.7 Å². The molecule has 3 heteroatoms. The monoisotopic (exact) mass is 256 g/mol. The first-order valence-corrected chi connectivity index (χ1v) is 6.17. The zero-order valence-electron chi connectivity index (χ0n) is 10.7. The third-order valence-electron chi connectivity index (χ3n) is 2.95. The number of benzene rings is 2. The molecule has 0 aliphatic rings. The van der Waals surface area contributed by atoms with Crippen LogP contribution >= 0.6 is 0 Å². The van der Waals surface area contributed by atoms with Crippen LogP contribution in [0.5, 0.6) is 0 Å². The summed E-state index contributed by atoms with van der Waals surface area (Å²) in [5.74, 6) is -0.918. The molecule has 0 saturated heterocycles. The molecule has 0 fully saturated rings. The van der Waals surface area contributed by atoms with E-state index < -0.39 is 5.97 Å². The summed E-state index contributed by atoms with van der Waals surface area (Å²) in [4.78, 5) is 10.8. The smallest absolute Gasteiger partial charge is 0.335 e. The van der Waals surface area contributed by atoms with Crippen molar-refractivity contribution in [3.63, 3.8) is 0 Å². The van der Waals surface area contributed by atoms with Gasteiger partial charge in [0, 0.05) is 0 Å². The molecule has 0 spiro atoms. The normalized spacial score (nSPS) is 12.1. The summed E-state index contributed by atoms with van der Waals surface area (Å²) in [5.41, 5.74) is 3.38. The number of rotatable bonds is 4. The molecule has 2 N–H and O–H groups in total. The highest BCUT2D eigenvalue weighted by molar-refractivity contribution is 5.88. The predicted octanol–water partition coefficient (Wildman–Crippen LogP) is 2.98. The molecular formula is C16H16O3. The molecule has 2 rings (SSSR count). The highest BCUT2D eigenvalue weighted by Gasteiger charge is 2.04. The van der Waals surface area contributed by atoms with E-state index in [2.05, 4.69) is 0 Å². The molecule has 0 heterocycles. The van der Waals surface area contributed by atoms with Crippen molar-refractivity contribution in [1.82, 2.24) is 0 Å². The average molecular weight is 256 g/mol. The van der Waals surface area contributed by atoms with Crippen LogP contribution in [0.1, 0.15) is 22.8 Å². The Morgan fingerprint density at radius 3 is 1.89 bits per heavy atom. The number of aliphatic hydroxyl groups excluding tert-OH is 1. The Labute approximate surface area is 112 Å².